The van der Waals surface area contributed by atoms with E-state index < -0.39 is 0 Å². The molecule has 0 spiro atoms. The van der Waals surface area contributed by atoms with Crippen molar-refractivity contribution >= 4 is 16.7 Å². The van der Waals surface area contributed by atoms with Gasteiger partial charge in [-0.05, 0) is 42.9 Å². The molecule has 0 radical (unpaired) electrons. The van der Waals surface area contributed by atoms with Crippen LogP contribution in [0.25, 0.3) is 11.0 Å². The summed E-state index contributed by atoms with van der Waals surface area (Å²) in [6.07, 6.45) is 4.45. The lowest BCUT2D eigenvalue weighted by Crippen LogP contribution is -2.08. The first-order chi connectivity index (χ1) is 7.75. The Kier molecular flexibility index (Phi) is 1.99. The fourth-order valence-corrected chi connectivity index (χ4v) is 2.54. The van der Waals surface area contributed by atoms with E-state index in [1.807, 2.05) is 6.07 Å². The molecule has 3 rings (SSSR count). The maximum Gasteiger partial charge on any atom is 0.336 e. The highest BCUT2D eigenvalue weighted by molar-refractivity contribution is 5.86. The maximum atomic E-state index is 11.2. The number of fused-ring (bicyclic) bond motifs is 3. The van der Waals surface area contributed by atoms with Gasteiger partial charge in [-0.15, -0.1) is 0 Å². The third-order valence-corrected chi connectivity index (χ3v) is 3.29. The van der Waals surface area contributed by atoms with E-state index in [9.17, 15) is 4.79 Å². The largest absolute Gasteiger partial charge is 0.423 e. The molecule has 1 aromatic heterocycles. The van der Waals surface area contributed by atoms with E-state index in [1.165, 1.54) is 30.0 Å². The molecule has 3 nitrogen and oxygen atoms in total. The topological polar surface area (TPSA) is 56.2 Å². The summed E-state index contributed by atoms with van der Waals surface area (Å²) in [5.41, 5.74) is 9.57. The summed E-state index contributed by atoms with van der Waals surface area (Å²) < 4.78 is 5.17. The average molecular weight is 215 g/mol. The smallest absolute Gasteiger partial charge is 0.336 e. The predicted molar refractivity (Wildman–Crippen MR) is 63.5 cm³/mol. The standard InChI is InChI=1S/C13H13NO2/c14-11-7-12-10(5-6-13(15)16-12)8-3-1-2-4-9(8)11/h5-7H,1-4,14H2. The summed E-state index contributed by atoms with van der Waals surface area (Å²) >= 11 is 0. The van der Waals surface area contributed by atoms with Crippen molar-refractivity contribution in [3.8, 4) is 0 Å². The predicted octanol–water partition coefficient (Wildman–Crippen LogP) is 2.25. The lowest BCUT2D eigenvalue weighted by Gasteiger charge is -2.19. The Morgan fingerprint density at radius 1 is 1.12 bits per heavy atom. The van der Waals surface area contributed by atoms with Crippen molar-refractivity contribution < 1.29 is 4.42 Å². The molecule has 2 aromatic rings. The molecule has 2 N–H and O–H groups in total. The van der Waals surface area contributed by atoms with Crippen LogP contribution in [0.2, 0.25) is 0 Å². The first kappa shape index (κ1) is 9.46. The van der Waals surface area contributed by atoms with Crippen LogP contribution in [0.1, 0.15) is 24.0 Å². The number of nitrogens with two attached hydrogens (primary N) is 1. The van der Waals surface area contributed by atoms with E-state index in [4.69, 9.17) is 10.2 Å². The molecule has 1 aliphatic rings. The second-order valence-corrected chi connectivity index (χ2v) is 4.30. The van der Waals surface area contributed by atoms with Crippen LogP contribution in [0.4, 0.5) is 5.69 Å². The Hall–Kier alpha value is -1.77. The van der Waals surface area contributed by atoms with Crippen LogP contribution in [0.5, 0.6) is 0 Å². The minimum atomic E-state index is -0.317. The molecule has 16 heavy (non-hydrogen) atoms. The molecule has 0 fully saturated rings. The van der Waals surface area contributed by atoms with Crippen LogP contribution in [0.15, 0.2) is 27.4 Å². The second kappa shape index (κ2) is 3.37. The van der Waals surface area contributed by atoms with Gasteiger partial charge in [0.1, 0.15) is 5.58 Å². The average Bonchev–Trinajstić information content (AvgIpc) is 2.29. The second-order valence-electron chi connectivity index (χ2n) is 4.30. The Labute approximate surface area is 92.9 Å². The Balaban J connectivity index is 2.41. The van der Waals surface area contributed by atoms with E-state index in [0.717, 1.165) is 23.9 Å². The van der Waals surface area contributed by atoms with Crippen molar-refractivity contribution in [3.05, 3.63) is 39.7 Å². The van der Waals surface area contributed by atoms with Crippen molar-refractivity contribution in [2.24, 2.45) is 0 Å². The maximum absolute atomic E-state index is 11.2. The van der Waals surface area contributed by atoms with E-state index >= 15 is 0 Å². The Morgan fingerprint density at radius 2 is 1.88 bits per heavy atom. The van der Waals surface area contributed by atoms with E-state index in [2.05, 4.69) is 0 Å². The van der Waals surface area contributed by atoms with Gasteiger partial charge in [-0.2, -0.15) is 0 Å². The van der Waals surface area contributed by atoms with Crippen LogP contribution in [0, 0.1) is 0 Å². The van der Waals surface area contributed by atoms with E-state index in [-0.39, 0.29) is 5.63 Å². The highest BCUT2D eigenvalue weighted by Crippen LogP contribution is 2.32. The fraction of sp³-hybridized carbons (Fsp3) is 0.308. The third kappa shape index (κ3) is 1.32. The minimum absolute atomic E-state index is 0.317. The molecule has 82 valence electrons. The lowest BCUT2D eigenvalue weighted by molar-refractivity contribution is 0.560. The third-order valence-electron chi connectivity index (χ3n) is 3.29. The summed E-state index contributed by atoms with van der Waals surface area (Å²) in [7, 11) is 0. The van der Waals surface area contributed by atoms with Gasteiger partial charge in [0.2, 0.25) is 0 Å². The number of rotatable bonds is 0. The molecular weight excluding hydrogens is 202 g/mol. The number of anilines is 1. The quantitative estimate of drug-likeness (QED) is 0.541. The first-order valence-electron chi connectivity index (χ1n) is 5.60. The number of aryl methyl sites for hydroxylation is 1. The molecule has 1 aliphatic carbocycles. The molecular formula is C13H13NO2. The van der Waals surface area contributed by atoms with Gasteiger partial charge in [0.15, 0.2) is 0 Å². The molecule has 0 bridgehead atoms. The SMILES string of the molecule is Nc1cc2oc(=O)ccc2c2c1CCCC2. The lowest BCUT2D eigenvalue weighted by atomic mass is 9.88. The van der Waals surface area contributed by atoms with Crippen LogP contribution in [-0.4, -0.2) is 0 Å². The first-order valence-corrected chi connectivity index (χ1v) is 5.60. The van der Waals surface area contributed by atoms with Crippen molar-refractivity contribution in [2.75, 3.05) is 5.73 Å². The summed E-state index contributed by atoms with van der Waals surface area (Å²) in [6, 6.07) is 5.11. The summed E-state index contributed by atoms with van der Waals surface area (Å²) in [5.74, 6) is 0. The van der Waals surface area contributed by atoms with Gasteiger partial charge in [-0.3, -0.25) is 0 Å². The van der Waals surface area contributed by atoms with Gasteiger partial charge in [0.05, 0.1) is 0 Å². The highest BCUT2D eigenvalue weighted by Gasteiger charge is 2.16. The van der Waals surface area contributed by atoms with Crippen LogP contribution in [-0.2, 0) is 12.8 Å². The molecule has 1 heterocycles. The van der Waals surface area contributed by atoms with Gasteiger partial charge in [-0.1, -0.05) is 0 Å². The van der Waals surface area contributed by atoms with Crippen molar-refractivity contribution in [2.45, 2.75) is 25.7 Å². The van der Waals surface area contributed by atoms with Gasteiger partial charge in [0.25, 0.3) is 0 Å². The van der Waals surface area contributed by atoms with Gasteiger partial charge < -0.3 is 10.2 Å². The Morgan fingerprint density at radius 3 is 2.69 bits per heavy atom. The van der Waals surface area contributed by atoms with Gasteiger partial charge in [0, 0.05) is 23.2 Å². The van der Waals surface area contributed by atoms with Crippen LogP contribution < -0.4 is 11.4 Å². The monoisotopic (exact) mass is 215 g/mol. The van der Waals surface area contributed by atoms with Crippen molar-refractivity contribution in [1.82, 2.24) is 0 Å². The van der Waals surface area contributed by atoms with Crippen molar-refractivity contribution in [3.63, 3.8) is 0 Å². The molecule has 0 atom stereocenters. The molecule has 0 saturated heterocycles. The molecule has 0 saturated carbocycles. The molecule has 1 aromatic carbocycles. The van der Waals surface area contributed by atoms with Gasteiger partial charge >= 0.3 is 5.63 Å². The zero-order chi connectivity index (χ0) is 11.1. The minimum Gasteiger partial charge on any atom is -0.423 e. The van der Waals surface area contributed by atoms with E-state index in [1.54, 1.807) is 6.07 Å². The number of hydrogen-bond donors (Lipinski definition) is 1. The van der Waals surface area contributed by atoms with Gasteiger partial charge in [-0.25, -0.2) is 4.79 Å². The van der Waals surface area contributed by atoms with Crippen LogP contribution >= 0.6 is 0 Å². The highest BCUT2D eigenvalue weighted by atomic mass is 16.4. The fourth-order valence-electron chi connectivity index (χ4n) is 2.54. The number of benzene rings is 1. The normalized spacial score (nSPS) is 15.0. The molecule has 0 unspecified atom stereocenters. The summed E-state index contributed by atoms with van der Waals surface area (Å²) in [6.45, 7) is 0. The summed E-state index contributed by atoms with van der Waals surface area (Å²) in [5, 5.41) is 1.04. The van der Waals surface area contributed by atoms with E-state index in [0.29, 0.717) is 5.58 Å². The summed E-state index contributed by atoms with van der Waals surface area (Å²) in [4.78, 5) is 11.2. The molecule has 0 amide bonds. The van der Waals surface area contributed by atoms with Crippen LogP contribution in [0.3, 0.4) is 0 Å². The Bertz CT molecular complexity index is 613. The number of nitrogen functional groups attached to an aromatic ring is 1. The zero-order valence-corrected chi connectivity index (χ0v) is 8.95. The molecule has 0 aliphatic heterocycles. The van der Waals surface area contributed by atoms with Crippen molar-refractivity contribution in [1.29, 1.82) is 0 Å². The molecule has 3 heteroatoms. The zero-order valence-electron chi connectivity index (χ0n) is 8.95. The number of hydrogen-bond acceptors (Lipinski definition) is 3.